The quantitative estimate of drug-likeness (QED) is 0.918. The van der Waals surface area contributed by atoms with Crippen LogP contribution in [0.1, 0.15) is 25.2 Å². The molecule has 0 saturated carbocycles. The Bertz CT molecular complexity index is 642. The van der Waals surface area contributed by atoms with E-state index in [2.05, 4.69) is 5.10 Å². The number of aliphatic carboxylic acids is 1. The first-order valence-corrected chi connectivity index (χ1v) is 6.91. The van der Waals surface area contributed by atoms with Gasteiger partial charge in [0.15, 0.2) is 0 Å². The number of aromatic nitrogens is 2. The number of hydrogen-bond acceptors (Lipinski definition) is 3. The van der Waals surface area contributed by atoms with Crippen molar-refractivity contribution in [2.24, 2.45) is 0 Å². The maximum absolute atomic E-state index is 10.8. The minimum absolute atomic E-state index is 0.124. The molecule has 0 aliphatic heterocycles. The van der Waals surface area contributed by atoms with Crippen LogP contribution in [0.2, 0.25) is 0 Å². The van der Waals surface area contributed by atoms with Crippen molar-refractivity contribution in [1.82, 2.24) is 9.78 Å². The Labute approximate surface area is 124 Å². The largest absolute Gasteiger partial charge is 0.491 e. The normalized spacial score (nSPS) is 10.9. The Kier molecular flexibility index (Phi) is 4.31. The highest BCUT2D eigenvalue weighted by Crippen LogP contribution is 2.28. The molecule has 0 aliphatic rings. The lowest BCUT2D eigenvalue weighted by molar-refractivity contribution is -0.137. The van der Waals surface area contributed by atoms with E-state index in [1.807, 2.05) is 52.0 Å². The molecule has 0 atom stereocenters. The number of carboxylic acid groups (broad SMARTS) is 1. The molecule has 2 aromatic rings. The lowest BCUT2D eigenvalue weighted by Gasteiger charge is -2.10. The van der Waals surface area contributed by atoms with Gasteiger partial charge in [-0.15, -0.1) is 0 Å². The summed E-state index contributed by atoms with van der Waals surface area (Å²) in [5.41, 5.74) is 3.67. The van der Waals surface area contributed by atoms with Crippen molar-refractivity contribution in [1.29, 1.82) is 0 Å². The average molecular weight is 288 g/mol. The highest BCUT2D eigenvalue weighted by Gasteiger charge is 2.15. The van der Waals surface area contributed by atoms with Crippen molar-refractivity contribution >= 4 is 5.97 Å². The molecule has 0 unspecified atom stereocenters. The predicted octanol–water partition coefficient (Wildman–Crippen LogP) is 3.04. The lowest BCUT2D eigenvalue weighted by Crippen LogP contribution is -2.11. The highest BCUT2D eigenvalue weighted by atomic mass is 16.5. The number of benzene rings is 1. The van der Waals surface area contributed by atoms with Gasteiger partial charge in [-0.3, -0.25) is 9.48 Å². The molecule has 0 aliphatic carbocycles. The second-order valence-electron chi connectivity index (χ2n) is 5.29. The molecular weight excluding hydrogens is 268 g/mol. The molecule has 2 rings (SSSR count). The molecule has 112 valence electrons. The third kappa shape index (κ3) is 3.42. The molecule has 0 fully saturated rings. The van der Waals surface area contributed by atoms with Crippen molar-refractivity contribution in [3.8, 4) is 16.9 Å². The summed E-state index contributed by atoms with van der Waals surface area (Å²) in [5, 5.41) is 13.2. The Balaban J connectivity index is 2.33. The van der Waals surface area contributed by atoms with Crippen molar-refractivity contribution in [2.45, 2.75) is 40.3 Å². The van der Waals surface area contributed by atoms with Gasteiger partial charge in [0.1, 0.15) is 12.3 Å². The number of carbonyl (C=O) groups is 1. The number of rotatable bonds is 5. The van der Waals surface area contributed by atoms with Gasteiger partial charge in [0, 0.05) is 11.3 Å². The summed E-state index contributed by atoms with van der Waals surface area (Å²) < 4.78 is 7.14. The molecule has 0 bridgehead atoms. The first-order chi connectivity index (χ1) is 9.88. The van der Waals surface area contributed by atoms with Gasteiger partial charge < -0.3 is 9.84 Å². The zero-order valence-corrected chi connectivity index (χ0v) is 12.8. The third-order valence-electron chi connectivity index (χ3n) is 3.18. The van der Waals surface area contributed by atoms with Gasteiger partial charge in [-0.05, 0) is 45.4 Å². The molecule has 0 spiro atoms. The van der Waals surface area contributed by atoms with Gasteiger partial charge in [-0.1, -0.05) is 12.1 Å². The Morgan fingerprint density at radius 3 is 2.43 bits per heavy atom. The van der Waals surface area contributed by atoms with Gasteiger partial charge in [0.25, 0.3) is 0 Å². The number of aryl methyl sites for hydroxylation is 1. The van der Waals surface area contributed by atoms with E-state index in [9.17, 15) is 4.79 Å². The fourth-order valence-corrected chi connectivity index (χ4v) is 2.37. The maximum atomic E-state index is 10.8. The molecule has 0 saturated heterocycles. The van der Waals surface area contributed by atoms with Crippen LogP contribution in [0.5, 0.6) is 5.75 Å². The summed E-state index contributed by atoms with van der Waals surface area (Å²) in [7, 11) is 0. The zero-order chi connectivity index (χ0) is 15.6. The van der Waals surface area contributed by atoms with Gasteiger partial charge in [-0.25, -0.2) is 0 Å². The van der Waals surface area contributed by atoms with Crippen LogP contribution in [0.25, 0.3) is 11.1 Å². The topological polar surface area (TPSA) is 64.4 Å². The molecule has 5 heteroatoms. The van der Waals surface area contributed by atoms with Crippen molar-refractivity contribution < 1.29 is 14.6 Å². The SMILES string of the molecule is Cc1nn(CC(=O)O)c(C)c1-c1ccc(OC(C)C)cc1. The molecule has 1 aromatic heterocycles. The smallest absolute Gasteiger partial charge is 0.325 e. The van der Waals surface area contributed by atoms with Crippen LogP contribution in [-0.2, 0) is 11.3 Å². The molecule has 1 heterocycles. The van der Waals surface area contributed by atoms with Crippen molar-refractivity contribution in [2.75, 3.05) is 0 Å². The summed E-state index contributed by atoms with van der Waals surface area (Å²) in [6, 6.07) is 7.78. The van der Waals surface area contributed by atoms with Crippen LogP contribution in [0.15, 0.2) is 24.3 Å². The van der Waals surface area contributed by atoms with E-state index in [0.717, 1.165) is 28.3 Å². The van der Waals surface area contributed by atoms with E-state index < -0.39 is 5.97 Å². The monoisotopic (exact) mass is 288 g/mol. The van der Waals surface area contributed by atoms with Crippen LogP contribution >= 0.6 is 0 Å². The van der Waals surface area contributed by atoms with Crippen molar-refractivity contribution in [3.63, 3.8) is 0 Å². The van der Waals surface area contributed by atoms with Gasteiger partial charge in [0.2, 0.25) is 0 Å². The molecule has 21 heavy (non-hydrogen) atoms. The maximum Gasteiger partial charge on any atom is 0.325 e. The van der Waals surface area contributed by atoms with E-state index in [-0.39, 0.29) is 12.6 Å². The number of hydrogen-bond donors (Lipinski definition) is 1. The third-order valence-corrected chi connectivity index (χ3v) is 3.18. The summed E-state index contributed by atoms with van der Waals surface area (Å²) in [6.45, 7) is 7.62. The summed E-state index contributed by atoms with van der Waals surface area (Å²) in [5.74, 6) is -0.0742. The Hall–Kier alpha value is -2.30. The fraction of sp³-hybridized carbons (Fsp3) is 0.375. The molecule has 0 amide bonds. The molecule has 1 N–H and O–H groups in total. The van der Waals surface area contributed by atoms with Gasteiger partial charge >= 0.3 is 5.97 Å². The second kappa shape index (κ2) is 5.99. The standard InChI is InChI=1S/C16H20N2O3/c1-10(2)21-14-7-5-13(6-8-14)16-11(3)17-18(12(16)4)9-15(19)20/h5-8,10H,9H2,1-4H3,(H,19,20). The van der Waals surface area contributed by atoms with Crippen molar-refractivity contribution in [3.05, 3.63) is 35.7 Å². The van der Waals surface area contributed by atoms with Crippen LogP contribution in [0.4, 0.5) is 0 Å². The van der Waals surface area contributed by atoms with E-state index in [0.29, 0.717) is 0 Å². The molecule has 1 aromatic carbocycles. The summed E-state index contributed by atoms with van der Waals surface area (Å²) >= 11 is 0. The Morgan fingerprint density at radius 1 is 1.29 bits per heavy atom. The minimum Gasteiger partial charge on any atom is -0.491 e. The second-order valence-corrected chi connectivity index (χ2v) is 5.29. The molecule has 5 nitrogen and oxygen atoms in total. The average Bonchev–Trinajstić information content (AvgIpc) is 2.64. The Morgan fingerprint density at radius 2 is 1.90 bits per heavy atom. The van der Waals surface area contributed by atoms with Crippen LogP contribution in [0, 0.1) is 13.8 Å². The van der Waals surface area contributed by atoms with E-state index >= 15 is 0 Å². The number of nitrogens with zero attached hydrogens (tertiary/aromatic N) is 2. The van der Waals surface area contributed by atoms with E-state index in [4.69, 9.17) is 9.84 Å². The van der Waals surface area contributed by atoms with Crippen LogP contribution < -0.4 is 4.74 Å². The number of carboxylic acids is 1. The molecular formula is C16H20N2O3. The van der Waals surface area contributed by atoms with Gasteiger partial charge in [-0.2, -0.15) is 5.10 Å². The van der Waals surface area contributed by atoms with E-state index in [1.165, 1.54) is 4.68 Å². The summed E-state index contributed by atoms with van der Waals surface area (Å²) in [6.07, 6.45) is 0.137. The number of ether oxygens (including phenoxy) is 1. The predicted molar refractivity (Wildman–Crippen MR) is 80.5 cm³/mol. The minimum atomic E-state index is -0.896. The first kappa shape index (κ1) is 15.1. The highest BCUT2D eigenvalue weighted by molar-refractivity contribution is 5.71. The summed E-state index contributed by atoms with van der Waals surface area (Å²) in [4.78, 5) is 10.8. The first-order valence-electron chi connectivity index (χ1n) is 6.91. The fourth-order valence-electron chi connectivity index (χ4n) is 2.37. The van der Waals surface area contributed by atoms with Crippen LogP contribution in [0.3, 0.4) is 0 Å². The lowest BCUT2D eigenvalue weighted by atomic mass is 10.0. The van der Waals surface area contributed by atoms with Gasteiger partial charge in [0.05, 0.1) is 11.8 Å². The van der Waals surface area contributed by atoms with E-state index in [1.54, 1.807) is 0 Å². The zero-order valence-electron chi connectivity index (χ0n) is 12.8. The van der Waals surface area contributed by atoms with Crippen LogP contribution in [-0.4, -0.2) is 27.0 Å². The molecule has 0 radical (unpaired) electrons.